The summed E-state index contributed by atoms with van der Waals surface area (Å²) in [4.78, 5) is 31.3. The fourth-order valence-corrected chi connectivity index (χ4v) is 5.79. The summed E-state index contributed by atoms with van der Waals surface area (Å²) in [5.74, 6) is 1.60. The van der Waals surface area contributed by atoms with Crippen molar-refractivity contribution in [2.45, 2.75) is 19.9 Å². The highest BCUT2D eigenvalue weighted by Crippen LogP contribution is 2.33. The van der Waals surface area contributed by atoms with E-state index in [0.717, 1.165) is 5.56 Å². The van der Waals surface area contributed by atoms with E-state index in [2.05, 4.69) is 4.99 Å². The summed E-state index contributed by atoms with van der Waals surface area (Å²) in [5.41, 5.74) is 2.31. The molecule has 9 heteroatoms. The number of allylic oxidation sites excluding steroid dienone is 2. The van der Waals surface area contributed by atoms with Gasteiger partial charge in [0, 0.05) is 27.9 Å². The molecule has 182 valence electrons. The molecule has 5 rings (SSSR count). The average Bonchev–Trinajstić information content (AvgIpc) is 3.42. The number of methoxy groups -OCH3 is 1. The molecule has 0 saturated carbocycles. The molecular weight excluding hydrogens is 519 g/mol. The summed E-state index contributed by atoms with van der Waals surface area (Å²) < 4.78 is 13.2. The second kappa shape index (κ2) is 9.58. The van der Waals surface area contributed by atoms with E-state index in [4.69, 9.17) is 32.4 Å². The predicted octanol–water partition coefficient (Wildman–Crippen LogP) is 5.40. The number of benzene rings is 2. The lowest BCUT2D eigenvalue weighted by atomic mass is 9.93. The van der Waals surface area contributed by atoms with Crippen molar-refractivity contribution < 1.29 is 13.9 Å². The van der Waals surface area contributed by atoms with Crippen LogP contribution >= 0.6 is 34.5 Å². The molecular formula is C27H20Cl2N2O4S. The van der Waals surface area contributed by atoms with Crippen molar-refractivity contribution in [3.63, 3.8) is 0 Å². The van der Waals surface area contributed by atoms with E-state index in [-0.39, 0.29) is 11.3 Å². The van der Waals surface area contributed by atoms with Gasteiger partial charge in [0.2, 0.25) is 0 Å². The first kappa shape index (κ1) is 24.3. The Morgan fingerprint density at radius 2 is 1.89 bits per heavy atom. The number of hydrogen-bond donors (Lipinski definition) is 0. The molecule has 0 radical (unpaired) electrons. The Kier molecular flexibility index (Phi) is 6.47. The lowest BCUT2D eigenvalue weighted by Crippen LogP contribution is -2.39. The first-order valence-corrected chi connectivity index (χ1v) is 12.6. The second-order valence-corrected chi connectivity index (χ2v) is 10.1. The van der Waals surface area contributed by atoms with Crippen LogP contribution in [0.1, 0.15) is 31.2 Å². The van der Waals surface area contributed by atoms with Gasteiger partial charge in [-0.2, -0.15) is 0 Å². The van der Waals surface area contributed by atoms with Crippen molar-refractivity contribution >= 4 is 46.4 Å². The van der Waals surface area contributed by atoms with Gasteiger partial charge in [-0.3, -0.25) is 14.2 Å². The number of furan rings is 1. The van der Waals surface area contributed by atoms with Gasteiger partial charge in [0.15, 0.2) is 10.6 Å². The van der Waals surface area contributed by atoms with Gasteiger partial charge in [0.05, 0.1) is 22.7 Å². The highest BCUT2D eigenvalue weighted by atomic mass is 35.5. The number of Topliss-reactive ketones (excluding diaryl/α,β-unsaturated/α-hetero) is 1. The van der Waals surface area contributed by atoms with Gasteiger partial charge < -0.3 is 9.15 Å². The lowest BCUT2D eigenvalue weighted by Gasteiger charge is -2.24. The number of carbonyl (C=O) groups excluding carboxylic acids is 1. The zero-order valence-corrected chi connectivity index (χ0v) is 21.9. The van der Waals surface area contributed by atoms with Crippen molar-refractivity contribution in [3.8, 4) is 17.1 Å². The number of rotatable bonds is 5. The number of fused-ring (bicyclic) bond motifs is 1. The van der Waals surface area contributed by atoms with E-state index >= 15 is 0 Å². The Labute approximate surface area is 220 Å². The van der Waals surface area contributed by atoms with Crippen LogP contribution in [0.2, 0.25) is 10.0 Å². The number of carbonyl (C=O) groups is 1. The smallest absolute Gasteiger partial charge is 0.271 e. The second-order valence-electron chi connectivity index (χ2n) is 8.24. The molecule has 0 unspecified atom stereocenters. The summed E-state index contributed by atoms with van der Waals surface area (Å²) >= 11 is 13.6. The Bertz CT molecular complexity index is 1710. The fourth-order valence-electron chi connectivity index (χ4n) is 4.27. The number of ether oxygens (including phenoxy) is 1. The van der Waals surface area contributed by atoms with Crippen molar-refractivity contribution in [2.24, 2.45) is 4.99 Å². The van der Waals surface area contributed by atoms with E-state index < -0.39 is 6.04 Å². The standard InChI is InChI=1S/C27H20Cl2N2O4S/c1-14-24(15(2)32)25(16-4-7-18(34-3)8-5-16)31-26(33)23(36-27(31)30-14)13-19-9-11-22(35-19)20-10-6-17(28)12-21(20)29/h4-13,25H,1-3H3/b23-13+/t25-/m0/s1. The Hall–Kier alpha value is -3.39. The summed E-state index contributed by atoms with van der Waals surface area (Å²) in [5, 5.41) is 0.998. The summed E-state index contributed by atoms with van der Waals surface area (Å²) in [6.07, 6.45) is 1.68. The van der Waals surface area contributed by atoms with Gasteiger partial charge in [-0.15, -0.1) is 0 Å². The third kappa shape index (κ3) is 4.34. The number of ketones is 1. The largest absolute Gasteiger partial charge is 0.497 e. The van der Waals surface area contributed by atoms with Crippen LogP contribution < -0.4 is 19.6 Å². The number of hydrogen-bond acceptors (Lipinski definition) is 6. The third-order valence-corrected chi connectivity index (χ3v) is 7.46. The number of halogens is 2. The first-order chi connectivity index (χ1) is 17.3. The summed E-state index contributed by atoms with van der Waals surface area (Å²) in [6, 6.07) is 15.5. The lowest BCUT2D eigenvalue weighted by molar-refractivity contribution is -0.114. The third-order valence-electron chi connectivity index (χ3n) is 5.93. The van der Waals surface area contributed by atoms with Gasteiger partial charge in [-0.05, 0) is 61.9 Å². The average molecular weight is 539 g/mol. The fraction of sp³-hybridized carbons (Fsp3) is 0.148. The van der Waals surface area contributed by atoms with Crippen LogP contribution in [0.3, 0.4) is 0 Å². The maximum Gasteiger partial charge on any atom is 0.271 e. The summed E-state index contributed by atoms with van der Waals surface area (Å²) in [7, 11) is 1.59. The minimum Gasteiger partial charge on any atom is -0.497 e. The Balaban J connectivity index is 1.63. The molecule has 0 saturated heterocycles. The van der Waals surface area contributed by atoms with Crippen molar-refractivity contribution in [2.75, 3.05) is 7.11 Å². The van der Waals surface area contributed by atoms with Gasteiger partial charge in [-0.1, -0.05) is 46.7 Å². The van der Waals surface area contributed by atoms with Crippen LogP contribution in [-0.2, 0) is 4.79 Å². The monoisotopic (exact) mass is 538 g/mol. The molecule has 6 nitrogen and oxygen atoms in total. The van der Waals surface area contributed by atoms with Gasteiger partial charge in [-0.25, -0.2) is 4.99 Å². The van der Waals surface area contributed by atoms with Crippen molar-refractivity contribution in [1.82, 2.24) is 4.57 Å². The van der Waals surface area contributed by atoms with E-state index in [1.807, 2.05) is 24.3 Å². The van der Waals surface area contributed by atoms with Crippen LogP contribution in [0.15, 0.2) is 80.1 Å². The van der Waals surface area contributed by atoms with Crippen molar-refractivity contribution in [3.05, 3.63) is 107 Å². The molecule has 1 aliphatic rings. The SMILES string of the molecule is COc1ccc([C@H]2C(C(C)=O)=C(C)N=c3s/c(=C/c4ccc(-c5ccc(Cl)cc5Cl)o4)c(=O)n32)cc1. The Morgan fingerprint density at radius 1 is 1.14 bits per heavy atom. The van der Waals surface area contributed by atoms with Crippen LogP contribution in [0.25, 0.3) is 17.4 Å². The normalized spacial score (nSPS) is 15.6. The molecule has 4 aromatic rings. The van der Waals surface area contributed by atoms with E-state index in [1.165, 1.54) is 18.3 Å². The molecule has 0 spiro atoms. The first-order valence-electron chi connectivity index (χ1n) is 11.0. The molecule has 0 amide bonds. The number of aromatic nitrogens is 1. The number of thiazole rings is 1. The molecule has 0 aliphatic carbocycles. The molecule has 1 aliphatic heterocycles. The minimum absolute atomic E-state index is 0.137. The molecule has 2 aromatic carbocycles. The minimum atomic E-state index is -0.591. The molecule has 0 bridgehead atoms. The van der Waals surface area contributed by atoms with E-state index in [9.17, 15) is 9.59 Å². The van der Waals surface area contributed by atoms with Crippen LogP contribution in [-0.4, -0.2) is 17.5 Å². The molecule has 0 fully saturated rings. The van der Waals surface area contributed by atoms with Gasteiger partial charge >= 0.3 is 0 Å². The summed E-state index contributed by atoms with van der Waals surface area (Å²) in [6.45, 7) is 3.28. The van der Waals surface area contributed by atoms with Gasteiger partial charge in [0.1, 0.15) is 17.3 Å². The van der Waals surface area contributed by atoms with Crippen molar-refractivity contribution in [1.29, 1.82) is 0 Å². The molecule has 36 heavy (non-hydrogen) atoms. The molecule has 1 atom stereocenters. The van der Waals surface area contributed by atoms with E-state index in [1.54, 1.807) is 55.0 Å². The quantitative estimate of drug-likeness (QED) is 0.341. The van der Waals surface area contributed by atoms with Crippen LogP contribution in [0, 0.1) is 0 Å². The Morgan fingerprint density at radius 3 is 2.56 bits per heavy atom. The highest BCUT2D eigenvalue weighted by Gasteiger charge is 2.30. The van der Waals surface area contributed by atoms with Gasteiger partial charge in [0.25, 0.3) is 5.56 Å². The molecule has 0 N–H and O–H groups in total. The maximum atomic E-state index is 13.6. The molecule has 2 aromatic heterocycles. The molecule has 3 heterocycles. The van der Waals surface area contributed by atoms with E-state index in [0.29, 0.717) is 53.5 Å². The number of nitrogens with zero attached hydrogens (tertiary/aromatic N) is 2. The highest BCUT2D eigenvalue weighted by molar-refractivity contribution is 7.07. The van der Waals surface area contributed by atoms with Crippen LogP contribution in [0.4, 0.5) is 0 Å². The topological polar surface area (TPSA) is 73.8 Å². The maximum absolute atomic E-state index is 13.6. The zero-order valence-electron chi connectivity index (χ0n) is 19.5. The van der Waals surface area contributed by atoms with Crippen LogP contribution in [0.5, 0.6) is 5.75 Å². The predicted molar refractivity (Wildman–Crippen MR) is 142 cm³/mol. The zero-order chi connectivity index (χ0) is 25.6.